The van der Waals surface area contributed by atoms with Crippen LogP contribution in [0.15, 0.2) is 41.8 Å². The van der Waals surface area contributed by atoms with Gasteiger partial charge in [-0.3, -0.25) is 9.59 Å². The molecule has 0 saturated heterocycles. The Morgan fingerprint density at radius 2 is 1.66 bits per heavy atom. The molecule has 4 nitrogen and oxygen atoms in total. The number of carbonyl (C=O) groups excluding carboxylic acids is 2. The smallest absolute Gasteiger partial charge is 0.242 e. The van der Waals surface area contributed by atoms with Gasteiger partial charge in [-0.25, -0.2) is 0 Å². The van der Waals surface area contributed by atoms with E-state index in [1.165, 1.54) is 29.7 Å². The number of hydrogen-bond donors (Lipinski definition) is 0. The van der Waals surface area contributed by atoms with Crippen molar-refractivity contribution in [2.24, 2.45) is 0 Å². The number of benzene rings is 1. The number of hydrogen-bond acceptors (Lipinski definition) is 3. The van der Waals surface area contributed by atoms with E-state index in [2.05, 4.69) is 44.4 Å². The molecule has 1 atom stereocenters. The summed E-state index contributed by atoms with van der Waals surface area (Å²) in [4.78, 5) is 31.4. The molecule has 1 heterocycles. The predicted molar refractivity (Wildman–Crippen MR) is 135 cm³/mol. The lowest BCUT2D eigenvalue weighted by atomic mass is 10.1. The van der Waals surface area contributed by atoms with Gasteiger partial charge in [0.15, 0.2) is 0 Å². The topological polar surface area (TPSA) is 40.6 Å². The minimum absolute atomic E-state index is 0.0151. The van der Waals surface area contributed by atoms with Crippen LogP contribution in [0.5, 0.6) is 0 Å². The Morgan fingerprint density at radius 1 is 0.938 bits per heavy atom. The van der Waals surface area contributed by atoms with E-state index in [0.717, 1.165) is 24.8 Å². The maximum Gasteiger partial charge on any atom is 0.242 e. The SMILES string of the molecule is CCCCCCCC(=O)N(CC(=O)N(Cc1ccccc1)Cc1sccc1C)C(C)CC. The third-order valence-corrected chi connectivity index (χ3v) is 7.12. The normalized spacial score (nSPS) is 11.9. The van der Waals surface area contributed by atoms with Crippen molar-refractivity contribution < 1.29 is 9.59 Å². The van der Waals surface area contributed by atoms with Crippen molar-refractivity contribution in [3.05, 3.63) is 57.8 Å². The fourth-order valence-corrected chi connectivity index (χ4v) is 4.68. The van der Waals surface area contributed by atoms with Crippen molar-refractivity contribution >= 4 is 23.2 Å². The lowest BCUT2D eigenvalue weighted by Gasteiger charge is -2.31. The molecule has 0 saturated carbocycles. The average Bonchev–Trinajstić information content (AvgIpc) is 3.21. The van der Waals surface area contributed by atoms with Crippen molar-refractivity contribution in [1.82, 2.24) is 9.80 Å². The molecule has 0 aliphatic heterocycles. The van der Waals surface area contributed by atoms with Crippen molar-refractivity contribution in [3.63, 3.8) is 0 Å². The molecule has 0 radical (unpaired) electrons. The van der Waals surface area contributed by atoms with E-state index in [-0.39, 0.29) is 24.4 Å². The fraction of sp³-hybridized carbons (Fsp3) is 0.556. The van der Waals surface area contributed by atoms with Crippen molar-refractivity contribution in [1.29, 1.82) is 0 Å². The third kappa shape index (κ3) is 8.42. The molecule has 1 aromatic heterocycles. The van der Waals surface area contributed by atoms with Crippen LogP contribution in [0.4, 0.5) is 0 Å². The van der Waals surface area contributed by atoms with Crippen LogP contribution in [-0.2, 0) is 22.7 Å². The fourth-order valence-electron chi connectivity index (χ4n) is 3.75. The number of aryl methyl sites for hydroxylation is 1. The van der Waals surface area contributed by atoms with Crippen LogP contribution >= 0.6 is 11.3 Å². The second-order valence-electron chi connectivity index (χ2n) is 8.71. The monoisotopic (exact) mass is 456 g/mol. The minimum atomic E-state index is 0.0151. The quantitative estimate of drug-likeness (QED) is 0.302. The predicted octanol–water partition coefficient (Wildman–Crippen LogP) is 6.57. The second kappa shape index (κ2) is 14.1. The van der Waals surface area contributed by atoms with E-state index in [9.17, 15) is 9.59 Å². The summed E-state index contributed by atoms with van der Waals surface area (Å²) in [6.07, 6.45) is 6.96. The number of thiophene rings is 1. The summed E-state index contributed by atoms with van der Waals surface area (Å²) < 4.78 is 0. The highest BCUT2D eigenvalue weighted by molar-refractivity contribution is 7.10. The van der Waals surface area contributed by atoms with Crippen LogP contribution in [0.25, 0.3) is 0 Å². The Bertz CT molecular complexity index is 818. The molecule has 0 aliphatic carbocycles. The number of carbonyl (C=O) groups is 2. The first-order chi connectivity index (χ1) is 15.5. The van der Waals surface area contributed by atoms with E-state index in [1.54, 1.807) is 16.2 Å². The third-order valence-electron chi connectivity index (χ3n) is 6.11. The molecule has 1 unspecified atom stereocenters. The van der Waals surface area contributed by atoms with Crippen molar-refractivity contribution in [2.45, 2.75) is 91.8 Å². The van der Waals surface area contributed by atoms with Gasteiger partial charge in [0.05, 0.1) is 6.54 Å². The van der Waals surface area contributed by atoms with Crippen molar-refractivity contribution in [2.75, 3.05) is 6.54 Å². The Morgan fingerprint density at radius 3 is 2.28 bits per heavy atom. The summed E-state index contributed by atoms with van der Waals surface area (Å²) in [5.41, 5.74) is 2.31. The van der Waals surface area contributed by atoms with Crippen molar-refractivity contribution in [3.8, 4) is 0 Å². The number of amides is 2. The van der Waals surface area contributed by atoms with Crippen LogP contribution in [0.3, 0.4) is 0 Å². The molecule has 1 aromatic carbocycles. The molecule has 5 heteroatoms. The first-order valence-electron chi connectivity index (χ1n) is 12.1. The zero-order valence-electron chi connectivity index (χ0n) is 20.3. The molecule has 0 N–H and O–H groups in total. The summed E-state index contributed by atoms with van der Waals surface area (Å²) in [5.74, 6) is 0.123. The van der Waals surface area contributed by atoms with Gasteiger partial charge in [0.1, 0.15) is 6.54 Å². The standard InChI is InChI=1S/C27H40N2O2S/c1-5-7-8-9-13-16-26(30)29(23(4)6-2)21-27(31)28(19-24-14-11-10-12-15-24)20-25-22(3)17-18-32-25/h10-12,14-15,17-18,23H,5-9,13,16,19-21H2,1-4H3. The average molecular weight is 457 g/mol. The molecule has 2 amide bonds. The lowest BCUT2D eigenvalue weighted by molar-refractivity contribution is -0.143. The molecule has 2 aromatic rings. The molecule has 2 rings (SSSR count). The van der Waals surface area contributed by atoms with Gasteiger partial charge in [-0.15, -0.1) is 11.3 Å². The maximum atomic E-state index is 13.5. The van der Waals surface area contributed by atoms with Gasteiger partial charge in [-0.2, -0.15) is 0 Å². The highest BCUT2D eigenvalue weighted by Gasteiger charge is 2.25. The largest absolute Gasteiger partial charge is 0.332 e. The van der Waals surface area contributed by atoms with E-state index >= 15 is 0 Å². The molecular weight excluding hydrogens is 416 g/mol. The molecular formula is C27H40N2O2S. The zero-order valence-corrected chi connectivity index (χ0v) is 21.1. The molecule has 0 bridgehead atoms. The van der Waals surface area contributed by atoms with E-state index in [0.29, 0.717) is 19.5 Å². The van der Waals surface area contributed by atoms with E-state index in [1.807, 2.05) is 30.0 Å². The minimum Gasteiger partial charge on any atom is -0.332 e. The van der Waals surface area contributed by atoms with Crippen LogP contribution in [0.1, 0.15) is 81.7 Å². The summed E-state index contributed by atoms with van der Waals surface area (Å²) >= 11 is 1.68. The number of nitrogens with zero attached hydrogens (tertiary/aromatic N) is 2. The van der Waals surface area contributed by atoms with E-state index in [4.69, 9.17) is 0 Å². The first-order valence-corrected chi connectivity index (χ1v) is 13.0. The Labute approximate surface area is 198 Å². The summed E-state index contributed by atoms with van der Waals surface area (Å²) in [6, 6.07) is 12.3. The van der Waals surface area contributed by atoms with Gasteiger partial charge >= 0.3 is 0 Å². The van der Waals surface area contributed by atoms with E-state index < -0.39 is 0 Å². The van der Waals surface area contributed by atoms with Gasteiger partial charge in [0.25, 0.3) is 0 Å². The van der Waals surface area contributed by atoms with Crippen LogP contribution in [0, 0.1) is 6.92 Å². The Balaban J connectivity index is 2.10. The number of rotatable bonds is 14. The Hall–Kier alpha value is -2.14. The summed E-state index contributed by atoms with van der Waals surface area (Å²) in [7, 11) is 0. The summed E-state index contributed by atoms with van der Waals surface area (Å²) in [6.45, 7) is 9.69. The van der Waals surface area contributed by atoms with Gasteiger partial charge in [-0.1, -0.05) is 69.9 Å². The van der Waals surface area contributed by atoms with Gasteiger partial charge in [-0.05, 0) is 49.3 Å². The molecule has 176 valence electrons. The van der Waals surface area contributed by atoms with Gasteiger partial charge in [0, 0.05) is 23.9 Å². The zero-order chi connectivity index (χ0) is 23.3. The highest BCUT2D eigenvalue weighted by atomic mass is 32.1. The van der Waals surface area contributed by atoms with Gasteiger partial charge < -0.3 is 9.80 Å². The first kappa shape index (κ1) is 26.1. The molecule has 0 spiro atoms. The molecule has 32 heavy (non-hydrogen) atoms. The molecule has 0 fully saturated rings. The highest BCUT2D eigenvalue weighted by Crippen LogP contribution is 2.20. The van der Waals surface area contributed by atoms with Gasteiger partial charge in [0.2, 0.25) is 11.8 Å². The lowest BCUT2D eigenvalue weighted by Crippen LogP contribution is -2.46. The van der Waals surface area contributed by atoms with Crippen LogP contribution in [0.2, 0.25) is 0 Å². The van der Waals surface area contributed by atoms with Crippen LogP contribution < -0.4 is 0 Å². The van der Waals surface area contributed by atoms with Crippen LogP contribution in [-0.4, -0.2) is 34.2 Å². The maximum absolute atomic E-state index is 13.5. The second-order valence-corrected chi connectivity index (χ2v) is 9.71. The summed E-state index contributed by atoms with van der Waals surface area (Å²) in [5, 5.41) is 2.07. The number of unbranched alkanes of at least 4 members (excludes halogenated alkanes) is 4. The Kier molecular flexibility index (Phi) is 11.5. The molecule has 0 aliphatic rings.